The van der Waals surface area contributed by atoms with Gasteiger partial charge >= 0.3 is 0 Å². The number of carbonyl (C=O) groups excluding carboxylic acids is 1. The summed E-state index contributed by atoms with van der Waals surface area (Å²) in [5.74, 6) is -0.529. The molecule has 2 aromatic heterocycles. The van der Waals surface area contributed by atoms with Crippen molar-refractivity contribution in [2.45, 2.75) is 13.8 Å². The van der Waals surface area contributed by atoms with E-state index in [0.717, 1.165) is 0 Å². The molecule has 7 heteroatoms. The fourth-order valence-electron chi connectivity index (χ4n) is 3.02. The molecule has 0 bridgehead atoms. The number of carboxylic acid groups (broad SMARTS) is 1. The molecule has 0 atom stereocenters. The Morgan fingerprint density at radius 3 is 2.29 bits per heavy atom. The number of aryl methyl sites for hydroxylation is 2. The van der Waals surface area contributed by atoms with Gasteiger partial charge < -0.3 is 24.4 Å². The second-order valence-electron chi connectivity index (χ2n) is 5.40. The first-order chi connectivity index (χ1) is 11.4. The van der Waals surface area contributed by atoms with E-state index >= 15 is 0 Å². The predicted molar refractivity (Wildman–Crippen MR) is 86.8 cm³/mol. The molecule has 0 saturated carbocycles. The number of aromatic amines is 1. The zero-order chi connectivity index (χ0) is 17.6. The van der Waals surface area contributed by atoms with Crippen molar-refractivity contribution in [2.24, 2.45) is 0 Å². The number of rotatable bonds is 3. The average Bonchev–Trinajstić information content (AvgIpc) is 2.52. The molecule has 0 aliphatic heterocycles. The Morgan fingerprint density at radius 1 is 1.08 bits per heavy atom. The fraction of sp³-hybridized carbons (Fsp3) is 0.235. The number of aromatic carboxylic acids is 1. The minimum atomic E-state index is -1.38. The van der Waals surface area contributed by atoms with Crippen LogP contribution in [0.3, 0.4) is 0 Å². The van der Waals surface area contributed by atoms with Gasteiger partial charge in [0.1, 0.15) is 0 Å². The van der Waals surface area contributed by atoms with E-state index < -0.39 is 11.5 Å². The number of hydrogen-bond acceptors (Lipinski definition) is 6. The summed E-state index contributed by atoms with van der Waals surface area (Å²) >= 11 is 0. The van der Waals surface area contributed by atoms with Gasteiger partial charge in [0.25, 0.3) is 5.56 Å². The lowest BCUT2D eigenvalue weighted by Gasteiger charge is -2.16. The van der Waals surface area contributed by atoms with Gasteiger partial charge in [-0.1, -0.05) is 0 Å². The number of benzene rings is 1. The highest BCUT2D eigenvalue weighted by molar-refractivity contribution is 6.16. The van der Waals surface area contributed by atoms with E-state index in [4.69, 9.17) is 9.47 Å². The second kappa shape index (κ2) is 5.52. The zero-order valence-corrected chi connectivity index (χ0v) is 13.6. The van der Waals surface area contributed by atoms with Crippen molar-refractivity contribution < 1.29 is 19.4 Å². The number of nitrogens with one attached hydrogen (secondary N) is 1. The normalized spacial score (nSPS) is 11.0. The van der Waals surface area contributed by atoms with E-state index in [1.807, 2.05) is 0 Å². The third kappa shape index (κ3) is 2.17. The van der Waals surface area contributed by atoms with Gasteiger partial charge in [0.05, 0.1) is 36.8 Å². The van der Waals surface area contributed by atoms with Crippen molar-refractivity contribution in [1.82, 2.24) is 9.97 Å². The van der Waals surface area contributed by atoms with E-state index in [0.29, 0.717) is 39.2 Å². The molecule has 0 aliphatic carbocycles. The Bertz CT molecular complexity index is 1050. The first kappa shape index (κ1) is 15.8. The maximum Gasteiger partial charge on any atom is 0.258 e. The Labute approximate surface area is 136 Å². The minimum absolute atomic E-state index is 0.0982. The average molecular weight is 327 g/mol. The van der Waals surface area contributed by atoms with Crippen LogP contribution in [0.25, 0.3) is 21.7 Å². The first-order valence-corrected chi connectivity index (χ1v) is 7.19. The fourth-order valence-corrected chi connectivity index (χ4v) is 3.02. The number of fused-ring (bicyclic) bond motifs is 3. The Hall–Kier alpha value is -3.09. The van der Waals surface area contributed by atoms with Crippen LogP contribution in [0, 0.1) is 13.8 Å². The summed E-state index contributed by atoms with van der Waals surface area (Å²) in [6.45, 7) is 3.24. The molecule has 0 amide bonds. The van der Waals surface area contributed by atoms with Gasteiger partial charge in [-0.25, -0.2) is 0 Å². The maximum absolute atomic E-state index is 12.5. The molecule has 3 rings (SSSR count). The van der Waals surface area contributed by atoms with Crippen LogP contribution in [0.5, 0.6) is 11.5 Å². The SMILES string of the molecule is COc1cc2[nH]c(=O)c3c(C)nc(C)c(C(=O)[O-])c3c2cc1OC. The summed E-state index contributed by atoms with van der Waals surface area (Å²) < 4.78 is 10.5. The van der Waals surface area contributed by atoms with Gasteiger partial charge in [-0.3, -0.25) is 9.78 Å². The topological polar surface area (TPSA) is 104 Å². The molecular formula is C17H15N2O5-. The van der Waals surface area contributed by atoms with Gasteiger partial charge in [-0.2, -0.15) is 0 Å². The van der Waals surface area contributed by atoms with Crippen molar-refractivity contribution in [2.75, 3.05) is 14.2 Å². The number of pyridine rings is 2. The standard InChI is InChI=1S/C17H16N2O5/c1-7-13-15(14(17(21)22)8(2)18-7)9-5-11(23-3)12(24-4)6-10(9)19-16(13)20/h5-6H,1-4H3,(H,19,20)(H,21,22)/p-1. The molecule has 0 unspecified atom stereocenters. The van der Waals surface area contributed by atoms with Crippen LogP contribution in [-0.4, -0.2) is 30.2 Å². The first-order valence-electron chi connectivity index (χ1n) is 7.19. The number of H-pyrrole nitrogens is 1. The van der Waals surface area contributed by atoms with Crippen molar-refractivity contribution in [1.29, 1.82) is 0 Å². The van der Waals surface area contributed by atoms with Crippen LogP contribution in [0.4, 0.5) is 0 Å². The van der Waals surface area contributed by atoms with Crippen LogP contribution >= 0.6 is 0 Å². The Morgan fingerprint density at radius 2 is 1.71 bits per heavy atom. The summed E-state index contributed by atoms with van der Waals surface area (Å²) in [5, 5.41) is 12.7. The van der Waals surface area contributed by atoms with Gasteiger partial charge in [0.2, 0.25) is 0 Å². The quantitative estimate of drug-likeness (QED) is 0.722. The number of carboxylic acids is 1. The molecule has 24 heavy (non-hydrogen) atoms. The van der Waals surface area contributed by atoms with E-state index in [2.05, 4.69) is 9.97 Å². The number of nitrogens with zero attached hydrogens (tertiary/aromatic N) is 1. The molecule has 124 valence electrons. The molecular weight excluding hydrogens is 312 g/mol. The largest absolute Gasteiger partial charge is 0.545 e. The van der Waals surface area contributed by atoms with Crippen LogP contribution in [0.1, 0.15) is 21.7 Å². The van der Waals surface area contributed by atoms with E-state index in [1.54, 1.807) is 26.0 Å². The summed E-state index contributed by atoms with van der Waals surface area (Å²) in [7, 11) is 2.96. The predicted octanol–water partition coefficient (Wildman–Crippen LogP) is 1.07. The third-order valence-electron chi connectivity index (χ3n) is 4.03. The summed E-state index contributed by atoms with van der Waals surface area (Å²) in [4.78, 5) is 31.0. The van der Waals surface area contributed by atoms with Crippen LogP contribution < -0.4 is 20.1 Å². The summed E-state index contributed by atoms with van der Waals surface area (Å²) in [5.41, 5.74) is 0.668. The Kier molecular flexibility index (Phi) is 3.63. The van der Waals surface area contributed by atoms with E-state index in [1.165, 1.54) is 14.2 Å². The van der Waals surface area contributed by atoms with E-state index in [9.17, 15) is 14.7 Å². The monoisotopic (exact) mass is 327 g/mol. The number of hydrogen-bond donors (Lipinski definition) is 1. The minimum Gasteiger partial charge on any atom is -0.545 e. The van der Waals surface area contributed by atoms with Crippen molar-refractivity contribution in [3.05, 3.63) is 39.4 Å². The number of methoxy groups -OCH3 is 2. The van der Waals surface area contributed by atoms with Crippen LogP contribution in [0.2, 0.25) is 0 Å². The lowest BCUT2D eigenvalue weighted by atomic mass is 9.99. The zero-order valence-electron chi connectivity index (χ0n) is 13.6. The van der Waals surface area contributed by atoms with Gasteiger partial charge in [-0.15, -0.1) is 0 Å². The molecule has 1 N–H and O–H groups in total. The highest BCUT2D eigenvalue weighted by atomic mass is 16.5. The lowest BCUT2D eigenvalue weighted by Crippen LogP contribution is -2.25. The Balaban J connectivity index is 2.67. The summed E-state index contributed by atoms with van der Waals surface area (Å²) in [6.07, 6.45) is 0. The molecule has 1 aromatic carbocycles. The van der Waals surface area contributed by atoms with Crippen molar-refractivity contribution in [3.63, 3.8) is 0 Å². The molecule has 7 nitrogen and oxygen atoms in total. The van der Waals surface area contributed by atoms with Gasteiger partial charge in [0.15, 0.2) is 11.5 Å². The lowest BCUT2D eigenvalue weighted by molar-refractivity contribution is -0.254. The molecule has 3 aromatic rings. The maximum atomic E-state index is 12.5. The number of aromatic nitrogens is 2. The second-order valence-corrected chi connectivity index (χ2v) is 5.40. The highest BCUT2D eigenvalue weighted by Crippen LogP contribution is 2.35. The number of ether oxygens (including phenoxy) is 2. The molecule has 0 aliphatic rings. The van der Waals surface area contributed by atoms with Crippen molar-refractivity contribution in [3.8, 4) is 11.5 Å². The summed E-state index contributed by atoms with van der Waals surface area (Å²) in [6, 6.07) is 3.23. The highest BCUT2D eigenvalue weighted by Gasteiger charge is 2.18. The van der Waals surface area contributed by atoms with Crippen molar-refractivity contribution >= 4 is 27.6 Å². The molecule has 0 spiro atoms. The molecule has 0 radical (unpaired) electrons. The molecule has 0 fully saturated rings. The van der Waals surface area contributed by atoms with Crippen LogP contribution in [-0.2, 0) is 0 Å². The van der Waals surface area contributed by atoms with Gasteiger partial charge in [-0.05, 0) is 19.9 Å². The molecule has 0 saturated heterocycles. The van der Waals surface area contributed by atoms with E-state index in [-0.39, 0.29) is 10.9 Å². The number of carbonyl (C=O) groups is 1. The third-order valence-corrected chi connectivity index (χ3v) is 4.03. The molecule has 2 heterocycles. The van der Waals surface area contributed by atoms with Crippen LogP contribution in [0.15, 0.2) is 16.9 Å². The van der Waals surface area contributed by atoms with Gasteiger partial charge in [0, 0.05) is 28.1 Å². The smallest absolute Gasteiger partial charge is 0.258 e.